The zero-order valence-corrected chi connectivity index (χ0v) is 15.2. The zero-order valence-electron chi connectivity index (χ0n) is 15.2. The number of anilines is 2. The van der Waals surface area contributed by atoms with E-state index in [1.165, 1.54) is 11.1 Å². The largest absolute Gasteiger partial charge is 0.372 e. The maximum Gasteiger partial charge on any atom is 0.222 e. The summed E-state index contributed by atoms with van der Waals surface area (Å²) < 4.78 is 6.19. The van der Waals surface area contributed by atoms with Crippen LogP contribution in [-0.2, 0) is 24.2 Å². The van der Waals surface area contributed by atoms with Crippen LogP contribution in [0.4, 0.5) is 11.8 Å². The van der Waals surface area contributed by atoms with Gasteiger partial charge in [-0.25, -0.2) is 4.98 Å². The minimum atomic E-state index is 0.222. The molecule has 6 nitrogen and oxygen atoms in total. The fourth-order valence-corrected chi connectivity index (χ4v) is 3.86. The van der Waals surface area contributed by atoms with Crippen LogP contribution in [0.25, 0.3) is 0 Å². The van der Waals surface area contributed by atoms with E-state index >= 15 is 0 Å². The lowest BCUT2D eigenvalue weighted by molar-refractivity contribution is 0.0314. The summed E-state index contributed by atoms with van der Waals surface area (Å²) in [6.45, 7) is 4.44. The summed E-state index contributed by atoms with van der Waals surface area (Å²) in [5.74, 6) is 1.40. The Balaban J connectivity index is 1.48. The second-order valence-electron chi connectivity index (χ2n) is 7.09. The number of ether oxygens (including phenoxy) is 1. The molecule has 0 aliphatic carbocycles. The molecule has 3 N–H and O–H groups in total. The first-order valence-corrected chi connectivity index (χ1v) is 9.56. The van der Waals surface area contributed by atoms with Gasteiger partial charge in [0.25, 0.3) is 0 Å². The van der Waals surface area contributed by atoms with E-state index in [2.05, 4.69) is 44.5 Å². The van der Waals surface area contributed by atoms with Crippen LogP contribution >= 0.6 is 0 Å². The highest BCUT2D eigenvalue weighted by Gasteiger charge is 2.26. The van der Waals surface area contributed by atoms with Crippen LogP contribution < -0.4 is 16.0 Å². The average molecular weight is 353 g/mol. The van der Waals surface area contributed by atoms with Gasteiger partial charge in [-0.3, -0.25) is 0 Å². The molecule has 1 aromatic heterocycles. The van der Waals surface area contributed by atoms with Crippen molar-refractivity contribution in [1.82, 2.24) is 15.3 Å². The van der Waals surface area contributed by atoms with E-state index in [9.17, 15) is 0 Å². The number of aromatic nitrogens is 2. The minimum absolute atomic E-state index is 0.222. The van der Waals surface area contributed by atoms with Gasteiger partial charge in [-0.1, -0.05) is 30.3 Å². The molecule has 0 bridgehead atoms. The molecule has 3 heterocycles. The SMILES string of the molecule is Nc1nc2c(c(N3CCC[C@@H](OCc4ccccc4)C3)n1)CCNCC2. The van der Waals surface area contributed by atoms with Gasteiger partial charge in [0.1, 0.15) is 5.82 Å². The molecule has 2 aliphatic heterocycles. The van der Waals surface area contributed by atoms with Crippen LogP contribution in [0.1, 0.15) is 29.7 Å². The highest BCUT2D eigenvalue weighted by atomic mass is 16.5. The molecule has 1 fully saturated rings. The number of piperidine rings is 1. The summed E-state index contributed by atoms with van der Waals surface area (Å²) in [7, 11) is 0. The molecule has 0 spiro atoms. The van der Waals surface area contributed by atoms with Crippen LogP contribution in [-0.4, -0.2) is 42.3 Å². The van der Waals surface area contributed by atoms with Crippen LogP contribution in [0.5, 0.6) is 0 Å². The van der Waals surface area contributed by atoms with Crippen molar-refractivity contribution in [3.8, 4) is 0 Å². The Hall–Kier alpha value is -2.18. The molecular formula is C20H27N5O. The van der Waals surface area contributed by atoms with Crippen molar-refractivity contribution < 1.29 is 4.74 Å². The number of nitrogen functional groups attached to an aromatic ring is 1. The smallest absolute Gasteiger partial charge is 0.222 e. The van der Waals surface area contributed by atoms with Crippen molar-refractivity contribution in [3.63, 3.8) is 0 Å². The fraction of sp³-hybridized carbons (Fsp3) is 0.500. The lowest BCUT2D eigenvalue weighted by Crippen LogP contribution is -2.41. The molecule has 26 heavy (non-hydrogen) atoms. The predicted octanol–water partition coefficient (Wildman–Crippen LogP) is 1.93. The summed E-state index contributed by atoms with van der Waals surface area (Å²) in [5, 5.41) is 3.44. The Bertz CT molecular complexity index is 736. The van der Waals surface area contributed by atoms with E-state index in [0.717, 1.165) is 63.4 Å². The highest BCUT2D eigenvalue weighted by molar-refractivity contribution is 5.53. The number of fused-ring (bicyclic) bond motifs is 1. The standard InChI is InChI=1S/C20H27N5O/c21-20-23-18-9-11-22-10-8-17(18)19(24-20)25-12-4-7-16(13-25)26-14-15-5-2-1-3-6-15/h1-3,5-6,16,22H,4,7-14H2,(H2,21,23,24)/t16-/m1/s1. The van der Waals surface area contributed by atoms with Crippen LogP contribution in [0, 0.1) is 0 Å². The van der Waals surface area contributed by atoms with Gasteiger partial charge >= 0.3 is 0 Å². The van der Waals surface area contributed by atoms with E-state index in [4.69, 9.17) is 10.5 Å². The van der Waals surface area contributed by atoms with Crippen molar-refractivity contribution in [1.29, 1.82) is 0 Å². The van der Waals surface area contributed by atoms with Gasteiger partial charge in [0, 0.05) is 31.6 Å². The summed E-state index contributed by atoms with van der Waals surface area (Å²) in [6, 6.07) is 10.4. The van der Waals surface area contributed by atoms with Gasteiger partial charge in [-0.15, -0.1) is 0 Å². The summed E-state index contributed by atoms with van der Waals surface area (Å²) >= 11 is 0. The number of rotatable bonds is 4. The Labute approximate surface area is 154 Å². The Morgan fingerprint density at radius 3 is 2.88 bits per heavy atom. The fourth-order valence-electron chi connectivity index (χ4n) is 3.86. The maximum atomic E-state index is 6.19. The lowest BCUT2D eigenvalue weighted by Gasteiger charge is -2.35. The molecule has 138 valence electrons. The summed E-state index contributed by atoms with van der Waals surface area (Å²) in [6.07, 6.45) is 4.29. The van der Waals surface area contributed by atoms with Crippen LogP contribution in [0.2, 0.25) is 0 Å². The quantitative estimate of drug-likeness (QED) is 0.875. The molecule has 6 heteroatoms. The number of nitrogens with one attached hydrogen (secondary N) is 1. The normalized spacial score (nSPS) is 20.5. The van der Waals surface area contributed by atoms with Gasteiger partial charge in [0.05, 0.1) is 18.4 Å². The topological polar surface area (TPSA) is 76.3 Å². The summed E-state index contributed by atoms with van der Waals surface area (Å²) in [4.78, 5) is 11.5. The third-order valence-electron chi connectivity index (χ3n) is 5.18. The molecule has 4 rings (SSSR count). The molecule has 0 radical (unpaired) electrons. The number of hydrogen-bond donors (Lipinski definition) is 2. The number of nitrogens with zero attached hydrogens (tertiary/aromatic N) is 3. The van der Waals surface area contributed by atoms with Gasteiger partial charge in [-0.05, 0) is 31.4 Å². The van der Waals surface area contributed by atoms with Gasteiger partial charge in [0.15, 0.2) is 0 Å². The molecular weight excluding hydrogens is 326 g/mol. The van der Waals surface area contributed by atoms with Crippen LogP contribution in [0.15, 0.2) is 30.3 Å². The van der Waals surface area contributed by atoms with E-state index in [0.29, 0.717) is 12.6 Å². The Kier molecular flexibility index (Phi) is 5.32. The molecule has 1 atom stereocenters. The van der Waals surface area contributed by atoms with Gasteiger partial charge in [0.2, 0.25) is 5.95 Å². The lowest BCUT2D eigenvalue weighted by atomic mass is 10.0. The Morgan fingerprint density at radius 1 is 1.15 bits per heavy atom. The first kappa shape index (κ1) is 17.2. The molecule has 0 amide bonds. The monoisotopic (exact) mass is 353 g/mol. The molecule has 0 saturated carbocycles. The molecule has 2 aromatic rings. The van der Waals surface area contributed by atoms with E-state index < -0.39 is 0 Å². The van der Waals surface area contributed by atoms with Crippen molar-refractivity contribution in [2.24, 2.45) is 0 Å². The Morgan fingerprint density at radius 2 is 2.00 bits per heavy atom. The van der Waals surface area contributed by atoms with E-state index in [-0.39, 0.29) is 6.10 Å². The zero-order chi connectivity index (χ0) is 17.8. The van der Waals surface area contributed by atoms with Crippen LogP contribution in [0.3, 0.4) is 0 Å². The van der Waals surface area contributed by atoms with Gasteiger partial charge in [-0.2, -0.15) is 4.98 Å². The molecule has 1 saturated heterocycles. The molecule has 2 aliphatic rings. The van der Waals surface area contributed by atoms with Gasteiger partial charge < -0.3 is 20.7 Å². The third kappa shape index (κ3) is 3.97. The predicted molar refractivity (Wildman–Crippen MR) is 103 cm³/mol. The summed E-state index contributed by atoms with van der Waals surface area (Å²) in [5.41, 5.74) is 9.59. The van der Waals surface area contributed by atoms with E-state index in [1.807, 2.05) is 6.07 Å². The number of nitrogens with two attached hydrogens (primary N) is 1. The number of hydrogen-bond acceptors (Lipinski definition) is 6. The van der Waals surface area contributed by atoms with E-state index in [1.54, 1.807) is 0 Å². The second-order valence-corrected chi connectivity index (χ2v) is 7.09. The average Bonchev–Trinajstić information content (AvgIpc) is 2.92. The van der Waals surface area contributed by atoms with Crippen molar-refractivity contribution >= 4 is 11.8 Å². The minimum Gasteiger partial charge on any atom is -0.372 e. The maximum absolute atomic E-state index is 6.19. The highest BCUT2D eigenvalue weighted by Crippen LogP contribution is 2.27. The molecule has 0 unspecified atom stereocenters. The molecule has 1 aromatic carbocycles. The third-order valence-corrected chi connectivity index (χ3v) is 5.18. The first-order valence-electron chi connectivity index (χ1n) is 9.56. The van der Waals surface area contributed by atoms with Crippen molar-refractivity contribution in [3.05, 3.63) is 47.2 Å². The second kappa shape index (κ2) is 8.01. The van der Waals surface area contributed by atoms with Crippen molar-refractivity contribution in [2.75, 3.05) is 36.8 Å². The number of benzene rings is 1. The first-order chi connectivity index (χ1) is 12.8. The van der Waals surface area contributed by atoms with Crippen molar-refractivity contribution in [2.45, 2.75) is 38.4 Å².